The maximum atomic E-state index is 12.2. The highest BCUT2D eigenvalue weighted by atomic mass is 35.5. The SMILES string of the molecule is COc1cc(Cl)c(C)cc1NC(C)C(=O)Nc1cc(C)on1. The Morgan fingerprint density at radius 1 is 1.36 bits per heavy atom. The van der Waals surface area contributed by atoms with Crippen molar-refractivity contribution in [2.24, 2.45) is 0 Å². The number of nitrogens with zero attached hydrogens (tertiary/aromatic N) is 1. The molecule has 0 aliphatic rings. The summed E-state index contributed by atoms with van der Waals surface area (Å²) in [4.78, 5) is 12.2. The van der Waals surface area contributed by atoms with E-state index in [9.17, 15) is 4.79 Å². The third kappa shape index (κ3) is 3.71. The maximum absolute atomic E-state index is 12.2. The molecule has 1 aromatic heterocycles. The van der Waals surface area contributed by atoms with Gasteiger partial charge in [0, 0.05) is 17.2 Å². The standard InChI is InChI=1S/C15H18ClN3O3/c1-8-5-12(13(21-4)7-11(8)16)17-10(3)15(20)18-14-6-9(2)22-19-14/h5-7,10,17H,1-4H3,(H,18,19,20). The van der Waals surface area contributed by atoms with E-state index in [2.05, 4.69) is 15.8 Å². The Labute approximate surface area is 133 Å². The molecule has 22 heavy (non-hydrogen) atoms. The zero-order chi connectivity index (χ0) is 16.3. The van der Waals surface area contributed by atoms with Crippen molar-refractivity contribution in [3.63, 3.8) is 0 Å². The lowest BCUT2D eigenvalue weighted by Gasteiger charge is -2.17. The maximum Gasteiger partial charge on any atom is 0.247 e. The Morgan fingerprint density at radius 3 is 2.68 bits per heavy atom. The van der Waals surface area contributed by atoms with Gasteiger partial charge in [0.25, 0.3) is 0 Å². The van der Waals surface area contributed by atoms with Crippen LogP contribution in [-0.2, 0) is 4.79 Å². The summed E-state index contributed by atoms with van der Waals surface area (Å²) in [5.41, 5.74) is 1.59. The fourth-order valence-electron chi connectivity index (χ4n) is 1.90. The summed E-state index contributed by atoms with van der Waals surface area (Å²) in [6, 6.07) is 4.71. The second-order valence-corrected chi connectivity index (χ2v) is 5.39. The Morgan fingerprint density at radius 2 is 2.09 bits per heavy atom. The number of amides is 1. The molecule has 0 aliphatic carbocycles. The highest BCUT2D eigenvalue weighted by Crippen LogP contribution is 2.31. The van der Waals surface area contributed by atoms with Gasteiger partial charge in [-0.1, -0.05) is 16.8 Å². The number of hydrogen-bond acceptors (Lipinski definition) is 5. The normalized spacial score (nSPS) is 11.9. The number of rotatable bonds is 5. The first-order valence-corrected chi connectivity index (χ1v) is 7.13. The van der Waals surface area contributed by atoms with Crippen LogP contribution >= 0.6 is 11.6 Å². The number of halogens is 1. The largest absolute Gasteiger partial charge is 0.495 e. The molecule has 1 unspecified atom stereocenters. The van der Waals surface area contributed by atoms with E-state index in [1.54, 1.807) is 33.1 Å². The van der Waals surface area contributed by atoms with E-state index < -0.39 is 6.04 Å². The van der Waals surface area contributed by atoms with Gasteiger partial charge in [-0.25, -0.2) is 0 Å². The molecule has 2 aromatic rings. The molecule has 0 bridgehead atoms. The van der Waals surface area contributed by atoms with Crippen LogP contribution in [0.2, 0.25) is 5.02 Å². The van der Waals surface area contributed by atoms with Crippen LogP contribution in [0.5, 0.6) is 5.75 Å². The molecule has 2 N–H and O–H groups in total. The molecule has 0 saturated carbocycles. The molecular formula is C15H18ClN3O3. The molecule has 7 heteroatoms. The van der Waals surface area contributed by atoms with E-state index in [4.69, 9.17) is 20.9 Å². The number of anilines is 2. The highest BCUT2D eigenvalue weighted by molar-refractivity contribution is 6.31. The first-order valence-electron chi connectivity index (χ1n) is 6.75. The van der Waals surface area contributed by atoms with Gasteiger partial charge in [-0.15, -0.1) is 0 Å². The molecule has 1 aromatic carbocycles. The molecule has 0 fully saturated rings. The van der Waals surface area contributed by atoms with Crippen LogP contribution in [0.3, 0.4) is 0 Å². The minimum atomic E-state index is -0.494. The summed E-state index contributed by atoms with van der Waals surface area (Å²) in [6.45, 7) is 5.38. The summed E-state index contributed by atoms with van der Waals surface area (Å²) in [5, 5.41) is 10.1. The van der Waals surface area contributed by atoms with E-state index in [1.165, 1.54) is 0 Å². The fraction of sp³-hybridized carbons (Fsp3) is 0.333. The number of benzene rings is 1. The predicted molar refractivity (Wildman–Crippen MR) is 85.7 cm³/mol. The smallest absolute Gasteiger partial charge is 0.247 e. The van der Waals surface area contributed by atoms with Crippen LogP contribution in [0.1, 0.15) is 18.2 Å². The molecule has 118 valence electrons. The number of carbonyl (C=O) groups is 1. The van der Waals surface area contributed by atoms with Crippen molar-refractivity contribution >= 4 is 29.0 Å². The molecule has 0 saturated heterocycles. The third-order valence-electron chi connectivity index (χ3n) is 3.13. The number of nitrogens with one attached hydrogen (secondary N) is 2. The molecule has 0 radical (unpaired) electrons. The molecule has 1 heterocycles. The number of methoxy groups -OCH3 is 1. The van der Waals surface area contributed by atoms with Gasteiger partial charge in [-0.2, -0.15) is 0 Å². The topological polar surface area (TPSA) is 76.4 Å². The van der Waals surface area contributed by atoms with Crippen molar-refractivity contribution in [2.75, 3.05) is 17.7 Å². The second-order valence-electron chi connectivity index (χ2n) is 4.98. The zero-order valence-corrected chi connectivity index (χ0v) is 13.6. The lowest BCUT2D eigenvalue weighted by Crippen LogP contribution is -2.32. The first-order chi connectivity index (χ1) is 10.4. The molecule has 1 atom stereocenters. The number of ether oxygens (including phenoxy) is 1. The van der Waals surface area contributed by atoms with E-state index in [0.717, 1.165) is 5.56 Å². The molecule has 6 nitrogen and oxygen atoms in total. The monoisotopic (exact) mass is 323 g/mol. The lowest BCUT2D eigenvalue weighted by atomic mass is 10.2. The van der Waals surface area contributed by atoms with Gasteiger partial charge < -0.3 is 19.9 Å². The fourth-order valence-corrected chi connectivity index (χ4v) is 2.06. The number of hydrogen-bond donors (Lipinski definition) is 2. The summed E-state index contributed by atoms with van der Waals surface area (Å²) < 4.78 is 10.2. The second kappa shape index (κ2) is 6.70. The number of aromatic nitrogens is 1. The molecule has 1 amide bonds. The minimum absolute atomic E-state index is 0.233. The first kappa shape index (κ1) is 16.2. The number of carbonyl (C=O) groups excluding carboxylic acids is 1. The quantitative estimate of drug-likeness (QED) is 0.882. The molecule has 0 aliphatic heterocycles. The van der Waals surface area contributed by atoms with Crippen LogP contribution in [0.25, 0.3) is 0 Å². The Balaban J connectivity index is 2.09. The Hall–Kier alpha value is -2.21. The summed E-state index contributed by atoms with van der Waals surface area (Å²) in [5.74, 6) is 1.36. The minimum Gasteiger partial charge on any atom is -0.495 e. The Bertz CT molecular complexity index is 685. The summed E-state index contributed by atoms with van der Waals surface area (Å²) >= 11 is 6.07. The molecule has 2 rings (SSSR count). The van der Waals surface area contributed by atoms with Crippen LogP contribution in [-0.4, -0.2) is 24.2 Å². The van der Waals surface area contributed by atoms with E-state index in [1.807, 2.05) is 13.0 Å². The van der Waals surface area contributed by atoms with Crippen molar-refractivity contribution in [1.29, 1.82) is 0 Å². The number of aryl methyl sites for hydroxylation is 2. The van der Waals surface area contributed by atoms with Crippen molar-refractivity contribution < 1.29 is 14.1 Å². The summed E-state index contributed by atoms with van der Waals surface area (Å²) in [6.07, 6.45) is 0. The van der Waals surface area contributed by atoms with Gasteiger partial charge in [0.05, 0.1) is 12.8 Å². The molecule has 0 spiro atoms. The molecular weight excluding hydrogens is 306 g/mol. The average Bonchev–Trinajstić information content (AvgIpc) is 2.87. The zero-order valence-electron chi connectivity index (χ0n) is 12.9. The van der Waals surface area contributed by atoms with Crippen LogP contribution in [0, 0.1) is 13.8 Å². The van der Waals surface area contributed by atoms with Gasteiger partial charge >= 0.3 is 0 Å². The van der Waals surface area contributed by atoms with E-state index >= 15 is 0 Å². The third-order valence-corrected chi connectivity index (χ3v) is 3.53. The van der Waals surface area contributed by atoms with Crippen LogP contribution in [0.15, 0.2) is 22.7 Å². The summed E-state index contributed by atoms with van der Waals surface area (Å²) in [7, 11) is 1.55. The van der Waals surface area contributed by atoms with Crippen molar-refractivity contribution in [2.45, 2.75) is 26.8 Å². The van der Waals surface area contributed by atoms with Gasteiger partial charge in [0.1, 0.15) is 17.6 Å². The van der Waals surface area contributed by atoms with Crippen molar-refractivity contribution in [3.05, 3.63) is 34.5 Å². The van der Waals surface area contributed by atoms with Crippen LogP contribution < -0.4 is 15.4 Å². The predicted octanol–water partition coefficient (Wildman–Crippen LogP) is 3.39. The van der Waals surface area contributed by atoms with E-state index in [-0.39, 0.29) is 5.91 Å². The van der Waals surface area contributed by atoms with Gasteiger partial charge in [0.15, 0.2) is 5.82 Å². The van der Waals surface area contributed by atoms with Gasteiger partial charge in [-0.3, -0.25) is 4.79 Å². The van der Waals surface area contributed by atoms with Gasteiger partial charge in [-0.05, 0) is 32.4 Å². The Kier molecular flexibility index (Phi) is 4.92. The lowest BCUT2D eigenvalue weighted by molar-refractivity contribution is -0.116. The van der Waals surface area contributed by atoms with Crippen molar-refractivity contribution in [3.8, 4) is 5.75 Å². The van der Waals surface area contributed by atoms with Crippen molar-refractivity contribution in [1.82, 2.24) is 5.16 Å². The van der Waals surface area contributed by atoms with Crippen LogP contribution in [0.4, 0.5) is 11.5 Å². The average molecular weight is 324 g/mol. The highest BCUT2D eigenvalue weighted by Gasteiger charge is 2.17. The van der Waals surface area contributed by atoms with E-state index in [0.29, 0.717) is 28.0 Å². The van der Waals surface area contributed by atoms with Gasteiger partial charge in [0.2, 0.25) is 5.91 Å².